The smallest absolute Gasteiger partial charge is 0.385 e. The van der Waals surface area contributed by atoms with E-state index in [1.807, 2.05) is 4.90 Å². The number of fused-ring (bicyclic) bond motifs is 1. The minimum absolute atomic E-state index is 0.0127. The van der Waals surface area contributed by atoms with Gasteiger partial charge in [0.15, 0.2) is 0 Å². The van der Waals surface area contributed by atoms with Gasteiger partial charge in [0.1, 0.15) is 6.04 Å². The molecule has 2 saturated heterocycles. The highest BCUT2D eigenvalue weighted by Crippen LogP contribution is 2.38. The van der Waals surface area contributed by atoms with Crippen molar-refractivity contribution in [3.05, 3.63) is 70.3 Å². The number of benzene rings is 2. The van der Waals surface area contributed by atoms with Crippen molar-refractivity contribution < 1.29 is 37.5 Å². The van der Waals surface area contributed by atoms with E-state index in [1.54, 1.807) is 12.1 Å². The average molecular weight is 515 g/mol. The van der Waals surface area contributed by atoms with Crippen molar-refractivity contribution in [1.29, 1.82) is 0 Å². The van der Waals surface area contributed by atoms with Crippen molar-refractivity contribution in [2.75, 3.05) is 13.1 Å². The van der Waals surface area contributed by atoms with Gasteiger partial charge in [-0.25, -0.2) is 0 Å². The van der Waals surface area contributed by atoms with Gasteiger partial charge in [-0.05, 0) is 48.6 Å². The average Bonchev–Trinajstić information content (AvgIpc) is 3.10. The number of aliphatic hydroxyl groups is 1. The van der Waals surface area contributed by atoms with Crippen molar-refractivity contribution in [3.8, 4) is 0 Å². The van der Waals surface area contributed by atoms with Crippen LogP contribution in [0.1, 0.15) is 63.1 Å². The summed E-state index contributed by atoms with van der Waals surface area (Å²) in [5.74, 6) is -2.47. The summed E-state index contributed by atoms with van der Waals surface area (Å²) < 4.78 is 40.0. The molecule has 0 radical (unpaired) electrons. The highest BCUT2D eigenvalue weighted by Gasteiger charge is 2.45. The molecule has 2 fully saturated rings. The fraction of sp³-hybridized carbons (Fsp3) is 0.385. The number of hydrogen-bond donors (Lipinski definition) is 2. The quantitative estimate of drug-likeness (QED) is 0.607. The molecule has 0 aliphatic carbocycles. The Kier molecular flexibility index (Phi) is 6.15. The second kappa shape index (κ2) is 9.07. The normalized spacial score (nSPS) is 22.3. The van der Waals surface area contributed by atoms with E-state index in [-0.39, 0.29) is 48.9 Å². The Morgan fingerprint density at radius 1 is 0.973 bits per heavy atom. The predicted molar refractivity (Wildman–Crippen MR) is 123 cm³/mol. The maximum Gasteiger partial charge on any atom is 0.416 e. The molecule has 3 heterocycles. The zero-order valence-corrected chi connectivity index (χ0v) is 19.7. The summed E-state index contributed by atoms with van der Waals surface area (Å²) in [6, 6.07) is 8.79. The fourth-order valence-electron chi connectivity index (χ4n) is 5.31. The number of piperidine rings is 2. The first-order chi connectivity index (χ1) is 17.5. The van der Waals surface area contributed by atoms with E-state index < -0.39 is 47.0 Å². The Morgan fingerprint density at radius 2 is 1.65 bits per heavy atom. The molecule has 4 amide bonds. The van der Waals surface area contributed by atoms with Crippen molar-refractivity contribution in [2.24, 2.45) is 0 Å². The van der Waals surface area contributed by atoms with Gasteiger partial charge in [0.25, 0.3) is 11.8 Å². The Labute approximate surface area is 210 Å². The number of nitrogens with zero attached hydrogens (tertiary/aromatic N) is 2. The van der Waals surface area contributed by atoms with Gasteiger partial charge in [-0.2, -0.15) is 13.2 Å². The van der Waals surface area contributed by atoms with Crippen LogP contribution in [0.3, 0.4) is 0 Å². The third-order valence-corrected chi connectivity index (χ3v) is 7.38. The van der Waals surface area contributed by atoms with Gasteiger partial charge in [0.05, 0.1) is 22.3 Å². The number of carbonyl (C=O) groups is 4. The van der Waals surface area contributed by atoms with E-state index in [1.165, 1.54) is 24.3 Å². The van der Waals surface area contributed by atoms with Crippen LogP contribution in [0.15, 0.2) is 42.5 Å². The number of alkyl halides is 3. The molecule has 5 rings (SSSR count). The van der Waals surface area contributed by atoms with E-state index in [0.29, 0.717) is 18.7 Å². The number of rotatable bonds is 4. The maximum absolute atomic E-state index is 13.3. The summed E-state index contributed by atoms with van der Waals surface area (Å²) in [7, 11) is 0. The largest absolute Gasteiger partial charge is 0.416 e. The number of hydrogen-bond acceptors (Lipinski definition) is 6. The number of halogens is 3. The first-order valence-electron chi connectivity index (χ1n) is 11.9. The molecule has 2 aromatic rings. The topological polar surface area (TPSA) is 107 Å². The molecule has 37 heavy (non-hydrogen) atoms. The van der Waals surface area contributed by atoms with E-state index in [9.17, 15) is 37.5 Å². The summed E-state index contributed by atoms with van der Waals surface area (Å²) in [5.41, 5.74) is -1.24. The number of amides is 4. The van der Waals surface area contributed by atoms with E-state index in [0.717, 1.165) is 11.0 Å². The zero-order chi connectivity index (χ0) is 26.5. The third-order valence-electron chi connectivity index (χ3n) is 7.38. The summed E-state index contributed by atoms with van der Waals surface area (Å²) in [5, 5.41) is 13.5. The standard InChI is InChI=1S/C26H24F3N3O5/c27-26(28,29)19-4-2-1-3-15(19)14-31-11-9-25(37,10-12-31)16-5-6-17-18(13-16)24(36)32(23(17)35)20-7-8-21(33)30-22(20)34/h1-6,13,20,37H,7-12,14H2,(H,30,33,34). The molecular weight excluding hydrogens is 491 g/mol. The minimum atomic E-state index is -4.46. The molecule has 3 aliphatic heterocycles. The molecule has 194 valence electrons. The third kappa shape index (κ3) is 4.53. The van der Waals surface area contributed by atoms with Crippen LogP contribution >= 0.6 is 0 Å². The van der Waals surface area contributed by atoms with Crippen LogP contribution in [0.25, 0.3) is 0 Å². The second-order valence-corrected chi connectivity index (χ2v) is 9.67. The number of nitrogens with one attached hydrogen (secondary N) is 1. The Hall–Kier alpha value is -3.57. The number of likely N-dealkylation sites (tertiary alicyclic amines) is 1. The second-order valence-electron chi connectivity index (χ2n) is 9.67. The van der Waals surface area contributed by atoms with Gasteiger partial charge >= 0.3 is 6.18 Å². The van der Waals surface area contributed by atoms with E-state index in [4.69, 9.17) is 0 Å². The van der Waals surface area contributed by atoms with Crippen LogP contribution in [0, 0.1) is 0 Å². The summed E-state index contributed by atoms with van der Waals surface area (Å²) in [6.07, 6.45) is -3.96. The Balaban J connectivity index is 1.31. The molecule has 0 saturated carbocycles. The molecule has 11 heteroatoms. The first-order valence-corrected chi connectivity index (χ1v) is 11.9. The summed E-state index contributed by atoms with van der Waals surface area (Å²) in [4.78, 5) is 52.4. The van der Waals surface area contributed by atoms with Crippen LogP contribution in [0.4, 0.5) is 13.2 Å². The molecule has 2 N–H and O–H groups in total. The molecule has 1 unspecified atom stereocenters. The molecule has 3 aliphatic rings. The van der Waals surface area contributed by atoms with Crippen LogP contribution in [0.5, 0.6) is 0 Å². The molecule has 8 nitrogen and oxygen atoms in total. The summed E-state index contributed by atoms with van der Waals surface area (Å²) >= 11 is 0. The molecule has 0 bridgehead atoms. The summed E-state index contributed by atoms with van der Waals surface area (Å²) in [6.45, 7) is 0.744. The van der Waals surface area contributed by atoms with Crippen LogP contribution in [-0.4, -0.2) is 57.7 Å². The molecule has 0 spiro atoms. The zero-order valence-electron chi connectivity index (χ0n) is 19.7. The predicted octanol–water partition coefficient (Wildman–Crippen LogP) is 2.59. The lowest BCUT2D eigenvalue weighted by Gasteiger charge is -2.39. The van der Waals surface area contributed by atoms with Gasteiger partial charge in [-0.15, -0.1) is 0 Å². The number of imide groups is 2. The molecule has 2 aromatic carbocycles. The van der Waals surface area contributed by atoms with Crippen molar-refractivity contribution in [3.63, 3.8) is 0 Å². The molecule has 0 aromatic heterocycles. The van der Waals surface area contributed by atoms with Crippen LogP contribution in [-0.2, 0) is 27.9 Å². The lowest BCUT2D eigenvalue weighted by atomic mass is 9.83. The van der Waals surface area contributed by atoms with Gasteiger partial charge in [0, 0.05) is 26.1 Å². The highest BCUT2D eigenvalue weighted by molar-refractivity contribution is 6.23. The lowest BCUT2D eigenvalue weighted by Crippen LogP contribution is -2.54. The Morgan fingerprint density at radius 3 is 2.32 bits per heavy atom. The maximum atomic E-state index is 13.3. The SMILES string of the molecule is O=C1CCC(N2C(=O)c3ccc(C4(O)CCN(Cc5ccccc5C(F)(F)F)CC4)cc3C2=O)C(=O)N1. The number of carbonyl (C=O) groups excluding carboxylic acids is 4. The minimum Gasteiger partial charge on any atom is -0.385 e. The van der Waals surface area contributed by atoms with E-state index >= 15 is 0 Å². The van der Waals surface area contributed by atoms with Gasteiger partial charge in [0.2, 0.25) is 11.8 Å². The van der Waals surface area contributed by atoms with Gasteiger partial charge in [-0.3, -0.25) is 34.3 Å². The van der Waals surface area contributed by atoms with Crippen molar-refractivity contribution >= 4 is 23.6 Å². The van der Waals surface area contributed by atoms with Crippen molar-refractivity contribution in [2.45, 2.75) is 50.0 Å². The monoisotopic (exact) mass is 515 g/mol. The Bertz CT molecular complexity index is 1300. The van der Waals surface area contributed by atoms with Crippen LogP contribution < -0.4 is 5.32 Å². The van der Waals surface area contributed by atoms with Crippen molar-refractivity contribution in [1.82, 2.24) is 15.1 Å². The molecular formula is C26H24F3N3O5. The fourth-order valence-corrected chi connectivity index (χ4v) is 5.31. The van der Waals surface area contributed by atoms with Crippen LogP contribution in [0.2, 0.25) is 0 Å². The lowest BCUT2D eigenvalue weighted by molar-refractivity contribution is -0.139. The first kappa shape index (κ1) is 25.1. The van der Waals surface area contributed by atoms with Gasteiger partial charge < -0.3 is 5.11 Å². The van der Waals surface area contributed by atoms with Gasteiger partial charge in [-0.1, -0.05) is 24.3 Å². The van der Waals surface area contributed by atoms with E-state index in [2.05, 4.69) is 5.32 Å². The molecule has 1 atom stereocenters. The highest BCUT2D eigenvalue weighted by atomic mass is 19.4.